The van der Waals surface area contributed by atoms with Crippen LogP contribution in [0.3, 0.4) is 0 Å². The second-order valence-electron chi connectivity index (χ2n) is 4.59. The van der Waals surface area contributed by atoms with E-state index in [1.807, 2.05) is 52.2 Å². The van der Waals surface area contributed by atoms with E-state index >= 15 is 0 Å². The number of ketones is 1. The third-order valence-electron chi connectivity index (χ3n) is 3.03. The summed E-state index contributed by atoms with van der Waals surface area (Å²) in [6.45, 7) is 7.60. The van der Waals surface area contributed by atoms with Gasteiger partial charge in [0.25, 0.3) is 0 Å². The van der Waals surface area contributed by atoms with Gasteiger partial charge >= 0.3 is 0 Å². The summed E-state index contributed by atoms with van der Waals surface area (Å²) in [5.41, 5.74) is 0.771. The minimum Gasteiger partial charge on any atom is -0.309 e. The zero-order valence-electron chi connectivity index (χ0n) is 10.9. The summed E-state index contributed by atoms with van der Waals surface area (Å²) in [6, 6.07) is 3.67. The average molecular weight is 232 g/mol. The summed E-state index contributed by atoms with van der Waals surface area (Å²) in [7, 11) is 0. The molecular formula is C14H20N2O. The fraction of sp³-hybridized carbons (Fsp3) is 0.429. The van der Waals surface area contributed by atoms with E-state index in [2.05, 4.69) is 0 Å². The molecule has 0 aliphatic heterocycles. The summed E-state index contributed by atoms with van der Waals surface area (Å²) in [6.07, 6.45) is 6.03. The Labute approximate surface area is 102 Å². The lowest BCUT2D eigenvalue weighted by Crippen LogP contribution is -2.30. The van der Waals surface area contributed by atoms with E-state index in [4.69, 9.17) is 5.41 Å². The number of rotatable bonds is 4. The van der Waals surface area contributed by atoms with Gasteiger partial charge in [-0.2, -0.15) is 0 Å². The molecule has 1 aromatic heterocycles. The number of aromatic nitrogens is 1. The van der Waals surface area contributed by atoms with Crippen LogP contribution < -0.4 is 5.49 Å². The van der Waals surface area contributed by atoms with Gasteiger partial charge < -0.3 is 4.57 Å². The molecule has 0 aliphatic rings. The first kappa shape index (κ1) is 13.4. The van der Waals surface area contributed by atoms with Crippen LogP contribution in [0, 0.1) is 5.41 Å². The summed E-state index contributed by atoms with van der Waals surface area (Å²) >= 11 is 0. The molecule has 0 amide bonds. The van der Waals surface area contributed by atoms with Crippen LogP contribution in [-0.2, 0) is 10.2 Å². The molecule has 0 radical (unpaired) electrons. The maximum Gasteiger partial charge on any atom is 0.142 e. The van der Waals surface area contributed by atoms with E-state index in [1.54, 1.807) is 10.6 Å². The number of nitrogens with one attached hydrogen (secondary N) is 1. The first-order valence-corrected chi connectivity index (χ1v) is 5.86. The van der Waals surface area contributed by atoms with Crippen LogP contribution in [-0.4, -0.2) is 10.4 Å². The molecule has 0 saturated heterocycles. The number of carbonyl (C=O) groups excluding carboxylic acids is 1. The first-order chi connectivity index (χ1) is 7.93. The maximum absolute atomic E-state index is 11.9. The molecule has 0 aromatic carbocycles. The van der Waals surface area contributed by atoms with E-state index in [1.165, 1.54) is 0 Å². The Balaban J connectivity index is 3.22. The highest BCUT2D eigenvalue weighted by Gasteiger charge is 2.27. The van der Waals surface area contributed by atoms with Crippen molar-refractivity contribution in [2.24, 2.45) is 0 Å². The van der Waals surface area contributed by atoms with E-state index < -0.39 is 5.41 Å². The minimum atomic E-state index is -0.514. The lowest BCUT2D eigenvalue weighted by atomic mass is 9.80. The number of allylic oxidation sites excluding steroid dienone is 1. The van der Waals surface area contributed by atoms with Crippen molar-refractivity contribution in [1.29, 1.82) is 5.41 Å². The van der Waals surface area contributed by atoms with Crippen LogP contribution in [0.1, 0.15) is 39.7 Å². The van der Waals surface area contributed by atoms with Crippen LogP contribution in [0.2, 0.25) is 0 Å². The Hall–Kier alpha value is -1.64. The average Bonchev–Trinajstić information content (AvgIpc) is 2.30. The van der Waals surface area contributed by atoms with Crippen LogP contribution in [0.25, 0.3) is 6.20 Å². The van der Waals surface area contributed by atoms with E-state index in [0.717, 1.165) is 5.56 Å². The summed E-state index contributed by atoms with van der Waals surface area (Å²) < 4.78 is 1.72. The summed E-state index contributed by atoms with van der Waals surface area (Å²) in [5.74, 6) is 0.195. The van der Waals surface area contributed by atoms with E-state index in [-0.39, 0.29) is 5.78 Å². The van der Waals surface area contributed by atoms with Crippen LogP contribution in [0.4, 0.5) is 0 Å². The highest BCUT2D eigenvalue weighted by Crippen LogP contribution is 2.24. The van der Waals surface area contributed by atoms with Gasteiger partial charge in [-0.25, -0.2) is 0 Å². The molecule has 0 aliphatic carbocycles. The Morgan fingerprint density at radius 3 is 2.65 bits per heavy atom. The molecule has 3 heteroatoms. The van der Waals surface area contributed by atoms with Crippen molar-refractivity contribution in [2.45, 2.75) is 39.5 Å². The van der Waals surface area contributed by atoms with Gasteiger partial charge in [-0.15, -0.1) is 0 Å². The van der Waals surface area contributed by atoms with Gasteiger partial charge in [0.1, 0.15) is 11.3 Å². The lowest BCUT2D eigenvalue weighted by molar-refractivity contribution is -0.123. The molecule has 1 aromatic rings. The van der Waals surface area contributed by atoms with Crippen molar-refractivity contribution in [2.75, 3.05) is 0 Å². The van der Waals surface area contributed by atoms with E-state index in [0.29, 0.717) is 11.9 Å². The monoisotopic (exact) mass is 232 g/mol. The number of hydrogen-bond acceptors (Lipinski definition) is 2. The van der Waals surface area contributed by atoms with Gasteiger partial charge in [-0.3, -0.25) is 10.2 Å². The smallest absolute Gasteiger partial charge is 0.142 e. The first-order valence-electron chi connectivity index (χ1n) is 5.86. The number of hydrogen-bond donors (Lipinski definition) is 1. The van der Waals surface area contributed by atoms with Gasteiger partial charge in [-0.1, -0.05) is 13.0 Å². The maximum atomic E-state index is 11.9. The zero-order valence-corrected chi connectivity index (χ0v) is 10.9. The second-order valence-corrected chi connectivity index (χ2v) is 4.59. The minimum absolute atomic E-state index is 0.195. The molecule has 17 heavy (non-hydrogen) atoms. The molecule has 1 N–H and O–H groups in total. The second kappa shape index (κ2) is 5.13. The molecule has 92 valence electrons. The normalized spacial score (nSPS) is 12.0. The van der Waals surface area contributed by atoms with Crippen molar-refractivity contribution in [3.63, 3.8) is 0 Å². The number of Topliss-reactive ketones (excluding diaryl/α,β-unsaturated/α-hetero) is 1. The van der Waals surface area contributed by atoms with Crippen molar-refractivity contribution in [3.05, 3.63) is 35.5 Å². The van der Waals surface area contributed by atoms with Crippen LogP contribution >= 0.6 is 0 Å². The summed E-state index contributed by atoms with van der Waals surface area (Å²) in [4.78, 5) is 11.9. The molecule has 0 fully saturated rings. The molecule has 0 bridgehead atoms. The SMILES string of the molecule is C/C=C\n1ccc(C(C)(C)C(=O)CC)cc1=N. The van der Waals surface area contributed by atoms with Crippen molar-refractivity contribution in [3.8, 4) is 0 Å². The van der Waals surface area contributed by atoms with Crippen LogP contribution in [0.15, 0.2) is 24.4 Å². The molecule has 0 spiro atoms. The standard InChI is InChI=1S/C14H20N2O/c1-5-8-16-9-7-11(10-13(16)15)14(3,4)12(17)6-2/h5,7-10,15H,6H2,1-4H3/b8-5-,15-13?. The van der Waals surface area contributed by atoms with Gasteiger partial charge in [0.2, 0.25) is 0 Å². The Morgan fingerprint density at radius 2 is 2.18 bits per heavy atom. The summed E-state index contributed by atoms with van der Waals surface area (Å²) in [5, 5.41) is 7.89. The molecule has 0 saturated carbocycles. The quantitative estimate of drug-likeness (QED) is 0.852. The molecular weight excluding hydrogens is 212 g/mol. The largest absolute Gasteiger partial charge is 0.309 e. The Kier molecular flexibility index (Phi) is 4.05. The predicted molar refractivity (Wildman–Crippen MR) is 69.6 cm³/mol. The third-order valence-corrected chi connectivity index (χ3v) is 3.03. The predicted octanol–water partition coefficient (Wildman–Crippen LogP) is 2.71. The number of carbonyl (C=O) groups is 1. The van der Waals surface area contributed by atoms with Gasteiger partial charge in [0.15, 0.2) is 0 Å². The molecule has 0 unspecified atom stereocenters. The van der Waals surface area contributed by atoms with Crippen LogP contribution in [0.5, 0.6) is 0 Å². The fourth-order valence-corrected chi connectivity index (χ4v) is 1.79. The highest BCUT2D eigenvalue weighted by molar-refractivity contribution is 5.88. The molecule has 1 heterocycles. The van der Waals surface area contributed by atoms with Gasteiger partial charge in [0.05, 0.1) is 0 Å². The van der Waals surface area contributed by atoms with Crippen molar-refractivity contribution in [1.82, 2.24) is 4.57 Å². The van der Waals surface area contributed by atoms with Gasteiger partial charge in [0, 0.05) is 24.2 Å². The topological polar surface area (TPSA) is 45.9 Å². The zero-order chi connectivity index (χ0) is 13.1. The number of pyridine rings is 1. The molecule has 3 nitrogen and oxygen atoms in total. The third kappa shape index (κ3) is 2.73. The van der Waals surface area contributed by atoms with Crippen molar-refractivity contribution >= 4 is 12.0 Å². The number of nitrogens with zero attached hydrogens (tertiary/aromatic N) is 1. The lowest BCUT2D eigenvalue weighted by Gasteiger charge is -2.23. The molecule has 0 atom stereocenters. The van der Waals surface area contributed by atoms with Crippen molar-refractivity contribution < 1.29 is 4.79 Å². The highest BCUT2D eigenvalue weighted by atomic mass is 16.1. The van der Waals surface area contributed by atoms with Gasteiger partial charge in [-0.05, 0) is 38.5 Å². The fourth-order valence-electron chi connectivity index (χ4n) is 1.79. The Bertz CT molecular complexity index is 495. The molecule has 1 rings (SSSR count). The Morgan fingerprint density at radius 1 is 1.53 bits per heavy atom. The van der Waals surface area contributed by atoms with E-state index in [9.17, 15) is 4.79 Å².